The molecule has 0 aliphatic heterocycles. The number of hydrogen-bond acceptors (Lipinski definition) is 3. The molecule has 110 valence electrons. The molecule has 0 fully saturated rings. The average Bonchev–Trinajstić information content (AvgIpc) is 2.31. The Bertz CT molecular complexity index is 524. The maximum atomic E-state index is 11.9. The predicted octanol–water partition coefficient (Wildman–Crippen LogP) is 2.89. The number of carbonyl (C=O) groups is 2. The van der Waals surface area contributed by atoms with Gasteiger partial charge in [0.25, 0.3) is 0 Å². The lowest BCUT2D eigenvalue weighted by Gasteiger charge is -2.20. The van der Waals surface area contributed by atoms with Crippen LogP contribution in [0.4, 0.5) is 5.69 Å². The number of rotatable bonds is 5. The van der Waals surface area contributed by atoms with Crippen LogP contribution >= 0.6 is 67.8 Å². The van der Waals surface area contributed by atoms with Gasteiger partial charge in [0.2, 0.25) is 5.91 Å². The summed E-state index contributed by atoms with van der Waals surface area (Å²) in [6.07, 6.45) is 0. The molecule has 0 heterocycles. The molecule has 1 aromatic carbocycles. The lowest BCUT2D eigenvalue weighted by molar-refractivity contribution is -0.143. The lowest BCUT2D eigenvalue weighted by atomic mass is 10.1. The standard InChI is InChI=1S/C12H13I3N2O3/c1-12(2,11(19)20)16-5-9(18)17-10-7(14)3-6(13)4-8(10)15/h3-4,16H,5H2,1-2H3,(H,17,18)(H,19,20). The number of amides is 1. The molecule has 0 aliphatic carbocycles. The van der Waals surface area contributed by atoms with E-state index < -0.39 is 11.5 Å². The summed E-state index contributed by atoms with van der Waals surface area (Å²) < 4.78 is 2.99. The molecule has 1 amide bonds. The zero-order valence-electron chi connectivity index (χ0n) is 10.8. The minimum Gasteiger partial charge on any atom is -0.480 e. The van der Waals surface area contributed by atoms with Crippen LogP contribution in [0.2, 0.25) is 0 Å². The molecule has 0 aromatic heterocycles. The number of carboxylic acid groups (broad SMARTS) is 1. The number of halogens is 3. The Morgan fingerprint density at radius 1 is 1.20 bits per heavy atom. The third-order valence-corrected chi connectivity index (χ3v) is 4.82. The van der Waals surface area contributed by atoms with Crippen molar-refractivity contribution in [3.63, 3.8) is 0 Å². The third-order valence-electron chi connectivity index (χ3n) is 2.50. The van der Waals surface area contributed by atoms with Gasteiger partial charge in [0, 0.05) is 10.7 Å². The van der Waals surface area contributed by atoms with E-state index in [4.69, 9.17) is 5.11 Å². The first-order valence-corrected chi connectivity index (χ1v) is 8.80. The van der Waals surface area contributed by atoms with Crippen LogP contribution in [0.25, 0.3) is 0 Å². The number of carboxylic acids is 1. The van der Waals surface area contributed by atoms with Crippen molar-refractivity contribution in [1.29, 1.82) is 0 Å². The van der Waals surface area contributed by atoms with Gasteiger partial charge in [-0.3, -0.25) is 14.9 Å². The van der Waals surface area contributed by atoms with E-state index in [-0.39, 0.29) is 12.5 Å². The molecule has 0 aliphatic rings. The molecule has 0 spiro atoms. The van der Waals surface area contributed by atoms with Crippen LogP contribution in [0.1, 0.15) is 13.8 Å². The minimum absolute atomic E-state index is 0.0581. The van der Waals surface area contributed by atoms with Crippen molar-refractivity contribution in [2.45, 2.75) is 19.4 Å². The Morgan fingerprint density at radius 2 is 1.70 bits per heavy atom. The van der Waals surface area contributed by atoms with Crippen LogP contribution in [-0.4, -0.2) is 29.1 Å². The summed E-state index contributed by atoms with van der Waals surface area (Å²) >= 11 is 6.54. The SMILES string of the molecule is CC(C)(NCC(=O)Nc1c(I)cc(I)cc1I)C(=O)O. The summed E-state index contributed by atoms with van der Waals surface area (Å²) in [5, 5.41) is 14.5. The van der Waals surface area contributed by atoms with Gasteiger partial charge in [-0.2, -0.15) is 0 Å². The van der Waals surface area contributed by atoms with Crippen molar-refractivity contribution in [1.82, 2.24) is 5.32 Å². The normalized spacial score (nSPS) is 11.2. The molecule has 1 aromatic rings. The minimum atomic E-state index is -1.14. The Balaban J connectivity index is 2.71. The van der Waals surface area contributed by atoms with Crippen molar-refractivity contribution in [3.05, 3.63) is 22.8 Å². The molecule has 0 radical (unpaired) electrons. The fourth-order valence-corrected chi connectivity index (χ4v) is 5.07. The Labute approximate surface area is 158 Å². The first kappa shape index (κ1) is 18.4. The smallest absolute Gasteiger partial charge is 0.323 e. The molecule has 0 saturated carbocycles. The summed E-state index contributed by atoms with van der Waals surface area (Å²) in [6, 6.07) is 3.93. The highest BCUT2D eigenvalue weighted by Gasteiger charge is 2.27. The van der Waals surface area contributed by atoms with E-state index in [1.54, 1.807) is 0 Å². The van der Waals surface area contributed by atoms with Gasteiger partial charge in [0.05, 0.1) is 12.2 Å². The number of aliphatic carboxylic acids is 1. The fourth-order valence-electron chi connectivity index (χ4n) is 1.22. The van der Waals surface area contributed by atoms with Gasteiger partial charge in [0.1, 0.15) is 5.54 Å². The molecule has 0 saturated heterocycles. The molecular formula is C12H13I3N2O3. The Morgan fingerprint density at radius 3 is 2.15 bits per heavy atom. The molecule has 3 N–H and O–H groups in total. The molecule has 8 heteroatoms. The van der Waals surface area contributed by atoms with Crippen LogP contribution in [0.3, 0.4) is 0 Å². The Hall–Kier alpha value is 0.310. The molecule has 0 atom stereocenters. The second-order valence-electron chi connectivity index (χ2n) is 4.58. The van der Waals surface area contributed by atoms with Crippen molar-refractivity contribution in [2.75, 3.05) is 11.9 Å². The summed E-state index contributed by atoms with van der Waals surface area (Å²) in [6.45, 7) is 2.97. The quantitative estimate of drug-likeness (QED) is 0.447. The molecule has 0 unspecified atom stereocenters. The van der Waals surface area contributed by atoms with Gasteiger partial charge < -0.3 is 10.4 Å². The lowest BCUT2D eigenvalue weighted by Crippen LogP contribution is -2.49. The molecule has 1 rings (SSSR count). The maximum absolute atomic E-state index is 11.9. The monoisotopic (exact) mass is 614 g/mol. The van der Waals surface area contributed by atoms with Crippen LogP contribution in [0, 0.1) is 10.7 Å². The van der Waals surface area contributed by atoms with Crippen LogP contribution in [-0.2, 0) is 9.59 Å². The number of hydrogen-bond donors (Lipinski definition) is 3. The summed E-state index contributed by atoms with van der Waals surface area (Å²) in [5.41, 5.74) is -0.379. The zero-order valence-corrected chi connectivity index (χ0v) is 17.2. The van der Waals surface area contributed by atoms with Gasteiger partial charge in [-0.05, 0) is 93.8 Å². The topological polar surface area (TPSA) is 78.4 Å². The van der Waals surface area contributed by atoms with E-state index in [1.165, 1.54) is 13.8 Å². The summed E-state index contributed by atoms with van der Waals surface area (Å²) in [4.78, 5) is 22.8. The number of nitrogens with one attached hydrogen (secondary N) is 2. The van der Waals surface area contributed by atoms with Crippen molar-refractivity contribution < 1.29 is 14.7 Å². The van der Waals surface area contributed by atoms with Gasteiger partial charge >= 0.3 is 5.97 Å². The second kappa shape index (κ2) is 7.54. The van der Waals surface area contributed by atoms with Gasteiger partial charge in [-0.1, -0.05) is 0 Å². The van der Waals surface area contributed by atoms with Crippen molar-refractivity contribution >= 4 is 85.3 Å². The molecular weight excluding hydrogens is 601 g/mol. The van der Waals surface area contributed by atoms with E-state index >= 15 is 0 Å². The fraction of sp³-hybridized carbons (Fsp3) is 0.333. The molecule has 0 bridgehead atoms. The van der Waals surface area contributed by atoms with Crippen molar-refractivity contribution in [3.8, 4) is 0 Å². The van der Waals surface area contributed by atoms with Gasteiger partial charge in [-0.15, -0.1) is 0 Å². The maximum Gasteiger partial charge on any atom is 0.323 e. The first-order chi connectivity index (χ1) is 9.13. The van der Waals surface area contributed by atoms with Gasteiger partial charge in [-0.25, -0.2) is 0 Å². The highest BCUT2D eigenvalue weighted by atomic mass is 127. The number of benzene rings is 1. The number of carbonyl (C=O) groups excluding carboxylic acids is 1. The van der Waals surface area contributed by atoms with E-state index in [0.29, 0.717) is 0 Å². The highest BCUT2D eigenvalue weighted by Crippen LogP contribution is 2.27. The van der Waals surface area contributed by atoms with Crippen LogP contribution in [0.5, 0.6) is 0 Å². The molecule has 20 heavy (non-hydrogen) atoms. The van der Waals surface area contributed by atoms with Crippen molar-refractivity contribution in [2.24, 2.45) is 0 Å². The number of anilines is 1. The summed E-state index contributed by atoms with van der Waals surface area (Å²) in [7, 11) is 0. The van der Waals surface area contributed by atoms with E-state index in [9.17, 15) is 9.59 Å². The zero-order chi connectivity index (χ0) is 15.5. The summed E-state index contributed by atoms with van der Waals surface area (Å²) in [5.74, 6) is -1.26. The largest absolute Gasteiger partial charge is 0.480 e. The van der Waals surface area contributed by atoms with E-state index in [2.05, 4.69) is 78.4 Å². The third kappa shape index (κ3) is 5.26. The average molecular weight is 614 g/mol. The predicted molar refractivity (Wildman–Crippen MR) is 103 cm³/mol. The van der Waals surface area contributed by atoms with Crippen LogP contribution in [0.15, 0.2) is 12.1 Å². The second-order valence-corrected chi connectivity index (χ2v) is 8.15. The highest BCUT2D eigenvalue weighted by molar-refractivity contribution is 14.1. The van der Waals surface area contributed by atoms with Crippen LogP contribution < -0.4 is 10.6 Å². The first-order valence-electron chi connectivity index (χ1n) is 5.56. The Kier molecular flexibility index (Phi) is 6.92. The van der Waals surface area contributed by atoms with E-state index in [0.717, 1.165) is 16.4 Å². The van der Waals surface area contributed by atoms with E-state index in [1.807, 2.05) is 12.1 Å². The van der Waals surface area contributed by atoms with Gasteiger partial charge in [0.15, 0.2) is 0 Å². The molecule has 5 nitrogen and oxygen atoms in total.